The third-order valence-corrected chi connectivity index (χ3v) is 3.56. The monoisotopic (exact) mass is 322 g/mol. The van der Waals surface area contributed by atoms with Gasteiger partial charge in [-0.25, -0.2) is 0 Å². The van der Waals surface area contributed by atoms with Crippen molar-refractivity contribution in [2.24, 2.45) is 0 Å². The highest BCUT2D eigenvalue weighted by Gasteiger charge is 2.14. The molecule has 0 fully saturated rings. The van der Waals surface area contributed by atoms with Gasteiger partial charge in [0.05, 0.1) is 0 Å². The Balaban J connectivity index is 1.74. The van der Waals surface area contributed by atoms with Crippen molar-refractivity contribution in [3.05, 3.63) is 94.0 Å². The first kappa shape index (κ1) is 15.9. The van der Waals surface area contributed by atoms with Crippen molar-refractivity contribution in [2.45, 2.75) is 20.1 Å². The van der Waals surface area contributed by atoms with Crippen LogP contribution >= 0.6 is 0 Å². The van der Waals surface area contributed by atoms with Crippen molar-refractivity contribution < 1.29 is 13.9 Å². The second-order valence-corrected chi connectivity index (χ2v) is 5.36. The Kier molecular flexibility index (Phi) is 4.96. The molecule has 0 radical (unpaired) electrons. The minimum absolute atomic E-state index is 0.146. The van der Waals surface area contributed by atoms with Crippen molar-refractivity contribution in [3.8, 4) is 11.5 Å². The zero-order valence-corrected chi connectivity index (χ0v) is 13.4. The fourth-order valence-corrected chi connectivity index (χ4v) is 2.25. The lowest BCUT2D eigenvalue weighted by atomic mass is 10.2. The normalized spacial score (nSPS) is 10.4. The molecular formula is C20H18O4. The minimum Gasteiger partial charge on any atom is -0.482 e. The van der Waals surface area contributed by atoms with Crippen LogP contribution in [0.5, 0.6) is 11.5 Å². The van der Waals surface area contributed by atoms with E-state index in [1.807, 2.05) is 60.7 Å². The summed E-state index contributed by atoms with van der Waals surface area (Å²) in [4.78, 5) is 12.5. The predicted octanol–water partition coefficient (Wildman–Crippen LogP) is 4.11. The van der Waals surface area contributed by atoms with E-state index >= 15 is 0 Å². The summed E-state index contributed by atoms with van der Waals surface area (Å²) in [6, 6.07) is 19.3. The van der Waals surface area contributed by atoms with Crippen LogP contribution < -0.4 is 14.9 Å². The molecule has 0 saturated heterocycles. The molecule has 3 aromatic rings. The molecule has 0 aliphatic rings. The molecule has 0 N–H and O–H groups in total. The van der Waals surface area contributed by atoms with E-state index in [-0.39, 0.29) is 16.9 Å². The quantitative estimate of drug-likeness (QED) is 0.685. The van der Waals surface area contributed by atoms with Crippen molar-refractivity contribution in [3.63, 3.8) is 0 Å². The molecule has 2 aromatic carbocycles. The summed E-state index contributed by atoms with van der Waals surface area (Å²) in [5.41, 5.74) is 1.65. The molecular weight excluding hydrogens is 304 g/mol. The SMILES string of the molecule is Cc1occ(OCc2ccccc2)c(=O)c1OCc1ccccc1. The van der Waals surface area contributed by atoms with E-state index in [1.54, 1.807) is 6.92 Å². The Labute approximate surface area is 140 Å². The first-order chi connectivity index (χ1) is 11.7. The van der Waals surface area contributed by atoms with E-state index in [9.17, 15) is 4.79 Å². The molecule has 3 rings (SSSR count). The van der Waals surface area contributed by atoms with Gasteiger partial charge in [0, 0.05) is 0 Å². The fourth-order valence-electron chi connectivity index (χ4n) is 2.25. The second kappa shape index (κ2) is 7.51. The van der Waals surface area contributed by atoms with Crippen molar-refractivity contribution >= 4 is 0 Å². The van der Waals surface area contributed by atoms with Gasteiger partial charge in [-0.05, 0) is 18.1 Å². The Morgan fingerprint density at radius 1 is 0.833 bits per heavy atom. The summed E-state index contributed by atoms with van der Waals surface area (Å²) in [7, 11) is 0. The van der Waals surface area contributed by atoms with Crippen LogP contribution in [0.4, 0.5) is 0 Å². The maximum atomic E-state index is 12.5. The van der Waals surface area contributed by atoms with Gasteiger partial charge in [0.1, 0.15) is 25.2 Å². The summed E-state index contributed by atoms with van der Waals surface area (Å²) in [5, 5.41) is 0. The van der Waals surface area contributed by atoms with Crippen LogP contribution in [-0.2, 0) is 13.2 Å². The summed E-state index contributed by atoms with van der Waals surface area (Å²) in [6.07, 6.45) is 1.33. The highest BCUT2D eigenvalue weighted by molar-refractivity contribution is 5.32. The highest BCUT2D eigenvalue weighted by atomic mass is 16.5. The van der Waals surface area contributed by atoms with Gasteiger partial charge in [0.15, 0.2) is 0 Å². The molecule has 0 aliphatic carbocycles. The van der Waals surface area contributed by atoms with Crippen LogP contribution in [0.1, 0.15) is 16.9 Å². The van der Waals surface area contributed by atoms with Gasteiger partial charge in [-0.2, -0.15) is 0 Å². The van der Waals surface area contributed by atoms with E-state index in [4.69, 9.17) is 13.9 Å². The topological polar surface area (TPSA) is 48.7 Å². The van der Waals surface area contributed by atoms with Gasteiger partial charge in [-0.1, -0.05) is 60.7 Å². The molecule has 0 aliphatic heterocycles. The van der Waals surface area contributed by atoms with Crippen LogP contribution in [-0.4, -0.2) is 0 Å². The van der Waals surface area contributed by atoms with Gasteiger partial charge in [0.25, 0.3) is 5.43 Å². The van der Waals surface area contributed by atoms with Crippen LogP contribution in [0.15, 0.2) is 76.1 Å². The lowest BCUT2D eigenvalue weighted by molar-refractivity contribution is 0.261. The largest absolute Gasteiger partial charge is 0.482 e. The Morgan fingerprint density at radius 2 is 1.38 bits per heavy atom. The standard InChI is InChI=1S/C20H18O4/c1-15-20(24-13-17-10-6-3-7-11-17)19(21)18(14-22-15)23-12-16-8-4-2-5-9-16/h2-11,14H,12-13H2,1H3. The maximum absolute atomic E-state index is 12.5. The molecule has 0 saturated carbocycles. The zero-order valence-electron chi connectivity index (χ0n) is 13.4. The fraction of sp³-hybridized carbons (Fsp3) is 0.150. The lowest BCUT2D eigenvalue weighted by Gasteiger charge is -2.10. The molecule has 1 heterocycles. The first-order valence-electron chi connectivity index (χ1n) is 7.70. The van der Waals surface area contributed by atoms with E-state index in [0.717, 1.165) is 11.1 Å². The molecule has 4 heteroatoms. The van der Waals surface area contributed by atoms with E-state index in [0.29, 0.717) is 19.0 Å². The maximum Gasteiger partial charge on any atom is 0.268 e. The summed E-state index contributed by atoms with van der Waals surface area (Å²) in [5.74, 6) is 0.764. The molecule has 0 atom stereocenters. The number of aryl methyl sites for hydroxylation is 1. The number of hydrogen-bond acceptors (Lipinski definition) is 4. The Hall–Kier alpha value is -3.01. The summed E-state index contributed by atoms with van der Waals surface area (Å²) in [6.45, 7) is 2.30. The second-order valence-electron chi connectivity index (χ2n) is 5.36. The third-order valence-electron chi connectivity index (χ3n) is 3.56. The third kappa shape index (κ3) is 3.84. The molecule has 0 spiro atoms. The Morgan fingerprint density at radius 3 is 1.96 bits per heavy atom. The molecule has 0 amide bonds. The number of rotatable bonds is 6. The molecule has 122 valence electrons. The van der Waals surface area contributed by atoms with Crippen LogP contribution in [0.25, 0.3) is 0 Å². The van der Waals surface area contributed by atoms with Crippen LogP contribution in [0, 0.1) is 6.92 Å². The number of benzene rings is 2. The van der Waals surface area contributed by atoms with E-state index in [1.165, 1.54) is 6.26 Å². The van der Waals surface area contributed by atoms with Crippen LogP contribution in [0.3, 0.4) is 0 Å². The van der Waals surface area contributed by atoms with Crippen LogP contribution in [0.2, 0.25) is 0 Å². The highest BCUT2D eigenvalue weighted by Crippen LogP contribution is 2.19. The van der Waals surface area contributed by atoms with Gasteiger partial charge >= 0.3 is 0 Å². The van der Waals surface area contributed by atoms with Gasteiger partial charge in [-0.3, -0.25) is 4.79 Å². The van der Waals surface area contributed by atoms with Gasteiger partial charge < -0.3 is 13.9 Å². The first-order valence-corrected chi connectivity index (χ1v) is 7.70. The van der Waals surface area contributed by atoms with Crippen molar-refractivity contribution in [1.82, 2.24) is 0 Å². The van der Waals surface area contributed by atoms with Gasteiger partial charge in [-0.15, -0.1) is 0 Å². The molecule has 0 bridgehead atoms. The van der Waals surface area contributed by atoms with Crippen molar-refractivity contribution in [2.75, 3.05) is 0 Å². The average molecular weight is 322 g/mol. The minimum atomic E-state index is -0.300. The summed E-state index contributed by atoms with van der Waals surface area (Å²) < 4.78 is 16.6. The smallest absolute Gasteiger partial charge is 0.268 e. The number of hydrogen-bond donors (Lipinski definition) is 0. The Bertz CT molecular complexity index is 839. The number of ether oxygens (including phenoxy) is 2. The predicted molar refractivity (Wildman–Crippen MR) is 91.3 cm³/mol. The molecule has 24 heavy (non-hydrogen) atoms. The lowest BCUT2D eigenvalue weighted by Crippen LogP contribution is -2.13. The molecule has 0 unspecified atom stereocenters. The average Bonchev–Trinajstić information content (AvgIpc) is 2.63. The van der Waals surface area contributed by atoms with E-state index < -0.39 is 0 Å². The van der Waals surface area contributed by atoms with E-state index in [2.05, 4.69) is 0 Å². The van der Waals surface area contributed by atoms with Crippen molar-refractivity contribution in [1.29, 1.82) is 0 Å². The zero-order chi connectivity index (χ0) is 16.8. The molecule has 1 aromatic heterocycles. The van der Waals surface area contributed by atoms with Gasteiger partial charge in [0.2, 0.25) is 11.5 Å². The molecule has 4 nitrogen and oxygen atoms in total. The summed E-state index contributed by atoms with van der Waals surface area (Å²) >= 11 is 0.